The van der Waals surface area contributed by atoms with E-state index < -0.39 is 29.1 Å². The minimum absolute atomic E-state index is 0.0199. The number of carbonyl (C=O) groups is 3. The number of benzene rings is 1. The van der Waals surface area contributed by atoms with Crippen molar-refractivity contribution in [2.75, 3.05) is 38.2 Å². The van der Waals surface area contributed by atoms with Gasteiger partial charge in [0, 0.05) is 30.4 Å². The molecule has 1 fully saturated rings. The average Bonchev–Trinajstić information content (AvgIpc) is 3.32. The van der Waals surface area contributed by atoms with Crippen molar-refractivity contribution in [2.45, 2.75) is 24.8 Å². The highest BCUT2D eigenvalue weighted by Gasteiger charge is 2.49. The zero-order chi connectivity index (χ0) is 24.8. The van der Waals surface area contributed by atoms with Gasteiger partial charge < -0.3 is 21.3 Å². The highest BCUT2D eigenvalue weighted by Crippen LogP contribution is 2.27. The Morgan fingerprint density at radius 1 is 1.06 bits per heavy atom. The third-order valence-electron chi connectivity index (χ3n) is 6.23. The van der Waals surface area contributed by atoms with E-state index in [1.165, 1.54) is 42.9 Å². The fourth-order valence-electron chi connectivity index (χ4n) is 4.34. The van der Waals surface area contributed by atoms with Crippen molar-refractivity contribution in [1.82, 2.24) is 20.5 Å². The summed E-state index contributed by atoms with van der Waals surface area (Å²) >= 11 is 0. The molecular formula is C24H28FN7O3. The summed E-state index contributed by atoms with van der Waals surface area (Å²) in [7, 11) is 0. The van der Waals surface area contributed by atoms with E-state index in [9.17, 15) is 18.8 Å². The second-order valence-electron chi connectivity index (χ2n) is 8.51. The summed E-state index contributed by atoms with van der Waals surface area (Å²) in [5.74, 6) is -1.96. The highest BCUT2D eigenvalue weighted by atomic mass is 19.1. The van der Waals surface area contributed by atoms with Crippen LogP contribution in [0.2, 0.25) is 0 Å². The van der Waals surface area contributed by atoms with E-state index >= 15 is 0 Å². The lowest BCUT2D eigenvalue weighted by molar-refractivity contribution is -0.123. The summed E-state index contributed by atoms with van der Waals surface area (Å²) in [6, 6.07) is 8.13. The molecular weight excluding hydrogens is 453 g/mol. The molecule has 1 atom stereocenters. The number of aromatic nitrogens is 1. The molecule has 35 heavy (non-hydrogen) atoms. The molecule has 5 N–H and O–H groups in total. The summed E-state index contributed by atoms with van der Waals surface area (Å²) in [5, 5.41) is 8.39. The molecule has 2 aliphatic rings. The van der Waals surface area contributed by atoms with Crippen LogP contribution in [0.5, 0.6) is 0 Å². The van der Waals surface area contributed by atoms with E-state index in [2.05, 4.69) is 30.8 Å². The van der Waals surface area contributed by atoms with Gasteiger partial charge in [-0.1, -0.05) is 12.5 Å². The number of nitrogens with zero attached hydrogens (tertiary/aromatic N) is 3. The number of hydrogen-bond donors (Lipinski definition) is 4. The number of pyridine rings is 1. The summed E-state index contributed by atoms with van der Waals surface area (Å²) in [5.41, 5.74) is 4.68. The van der Waals surface area contributed by atoms with E-state index in [0.29, 0.717) is 12.1 Å². The van der Waals surface area contributed by atoms with Crippen LogP contribution in [-0.4, -0.2) is 66.2 Å². The largest absolute Gasteiger partial charge is 0.367 e. The lowest BCUT2D eigenvalue weighted by atomic mass is 9.85. The molecule has 11 heteroatoms. The summed E-state index contributed by atoms with van der Waals surface area (Å²) in [6.45, 7) is 3.22. The van der Waals surface area contributed by atoms with Crippen LogP contribution in [0.1, 0.15) is 35.2 Å². The molecule has 0 spiro atoms. The van der Waals surface area contributed by atoms with Crippen LogP contribution in [0.4, 0.5) is 10.2 Å². The maximum Gasteiger partial charge on any atom is 0.268 e. The fraction of sp³-hybridized carbons (Fsp3) is 0.375. The lowest BCUT2D eigenvalue weighted by Gasteiger charge is -2.28. The molecule has 3 amide bonds. The predicted octanol–water partition coefficient (Wildman–Crippen LogP) is 0.757. The number of nitrogens with two attached hydrogens (primary N) is 1. The van der Waals surface area contributed by atoms with Crippen LogP contribution in [0, 0.1) is 5.82 Å². The highest BCUT2D eigenvalue weighted by molar-refractivity contribution is 6.47. The molecule has 184 valence electrons. The Labute approximate surface area is 202 Å². The van der Waals surface area contributed by atoms with Gasteiger partial charge in [0.05, 0.1) is 6.67 Å². The van der Waals surface area contributed by atoms with Gasteiger partial charge in [-0.15, -0.1) is 0 Å². The molecule has 0 saturated carbocycles. The van der Waals surface area contributed by atoms with Gasteiger partial charge in [-0.05, 0) is 56.3 Å². The Kier molecular flexibility index (Phi) is 7.47. The molecule has 4 rings (SSSR count). The first-order valence-electron chi connectivity index (χ1n) is 11.5. The number of aliphatic imine (C=N–C) groups is 1. The van der Waals surface area contributed by atoms with Crippen LogP contribution in [0.15, 0.2) is 47.6 Å². The molecule has 1 aromatic carbocycles. The van der Waals surface area contributed by atoms with Crippen molar-refractivity contribution >= 4 is 29.3 Å². The Bertz CT molecular complexity index is 1110. The number of carbonyl (C=O) groups excluding carboxylic acids is 3. The summed E-state index contributed by atoms with van der Waals surface area (Å²) in [6.07, 6.45) is 4.90. The molecule has 10 nitrogen and oxygen atoms in total. The first-order valence-corrected chi connectivity index (χ1v) is 11.5. The Hall–Kier alpha value is -3.70. The van der Waals surface area contributed by atoms with Crippen molar-refractivity contribution in [3.63, 3.8) is 0 Å². The maximum atomic E-state index is 13.1. The molecule has 1 aromatic heterocycles. The minimum Gasteiger partial charge on any atom is -0.367 e. The molecule has 2 aromatic rings. The molecule has 2 aliphatic heterocycles. The van der Waals surface area contributed by atoms with Crippen LogP contribution in [0.25, 0.3) is 0 Å². The lowest BCUT2D eigenvalue weighted by Crippen LogP contribution is -2.58. The SMILES string of the molecule is NC(=O)C1(c2ccc(NC(=O)c3ccc(F)cc3)nc2)NCN=C1C(=O)NCCN1CCCCC1. The molecule has 3 heterocycles. The zero-order valence-corrected chi connectivity index (χ0v) is 19.2. The third-order valence-corrected chi connectivity index (χ3v) is 6.23. The van der Waals surface area contributed by atoms with Gasteiger partial charge in [0.1, 0.15) is 17.3 Å². The average molecular weight is 482 g/mol. The first kappa shape index (κ1) is 24.4. The number of amides is 3. The van der Waals surface area contributed by atoms with Crippen molar-refractivity contribution in [2.24, 2.45) is 10.7 Å². The monoisotopic (exact) mass is 481 g/mol. The molecule has 1 unspecified atom stereocenters. The number of likely N-dealkylation sites (tertiary alicyclic amines) is 1. The summed E-state index contributed by atoms with van der Waals surface area (Å²) < 4.78 is 13.1. The third kappa shape index (κ3) is 5.36. The number of piperidine rings is 1. The zero-order valence-electron chi connectivity index (χ0n) is 19.2. The van der Waals surface area contributed by atoms with E-state index in [4.69, 9.17) is 5.73 Å². The van der Waals surface area contributed by atoms with Crippen molar-refractivity contribution < 1.29 is 18.8 Å². The number of halogens is 1. The second kappa shape index (κ2) is 10.7. The topological polar surface area (TPSA) is 142 Å². The van der Waals surface area contributed by atoms with Gasteiger partial charge in [-0.3, -0.25) is 24.7 Å². The van der Waals surface area contributed by atoms with Crippen molar-refractivity contribution in [1.29, 1.82) is 0 Å². The summed E-state index contributed by atoms with van der Waals surface area (Å²) in [4.78, 5) is 48.6. The quantitative estimate of drug-likeness (QED) is 0.439. The first-order chi connectivity index (χ1) is 16.9. The minimum atomic E-state index is -1.64. The molecule has 0 radical (unpaired) electrons. The number of anilines is 1. The van der Waals surface area contributed by atoms with Gasteiger partial charge in [0.15, 0.2) is 5.54 Å². The number of primary amides is 1. The fourth-order valence-corrected chi connectivity index (χ4v) is 4.34. The standard InChI is InChI=1S/C24H28FN7O3/c25-18-7-4-16(5-8-18)21(33)31-19-9-6-17(14-28-19)24(23(26)35)20(29-15-30-24)22(34)27-10-13-32-11-2-1-3-12-32/h4-9,14,30H,1-3,10-13,15H2,(H2,26,35)(H,27,34)(H,28,31,33). The molecule has 1 saturated heterocycles. The van der Waals surface area contributed by atoms with Gasteiger partial charge in [-0.2, -0.15) is 0 Å². The van der Waals surface area contributed by atoms with Crippen LogP contribution < -0.4 is 21.7 Å². The normalized spacial score (nSPS) is 20.2. The van der Waals surface area contributed by atoms with E-state index in [1.54, 1.807) is 6.07 Å². The molecule has 0 aliphatic carbocycles. The van der Waals surface area contributed by atoms with Crippen molar-refractivity contribution in [3.05, 3.63) is 59.5 Å². The predicted molar refractivity (Wildman–Crippen MR) is 128 cm³/mol. The Morgan fingerprint density at radius 3 is 2.46 bits per heavy atom. The maximum absolute atomic E-state index is 13.1. The van der Waals surface area contributed by atoms with Gasteiger partial charge in [0.25, 0.3) is 11.8 Å². The van der Waals surface area contributed by atoms with E-state index in [1.807, 2.05) is 0 Å². The van der Waals surface area contributed by atoms with Crippen LogP contribution in [0.3, 0.4) is 0 Å². The van der Waals surface area contributed by atoms with Gasteiger partial charge in [-0.25, -0.2) is 9.37 Å². The molecule has 0 bridgehead atoms. The Balaban J connectivity index is 1.44. The second-order valence-corrected chi connectivity index (χ2v) is 8.51. The van der Waals surface area contributed by atoms with E-state index in [-0.39, 0.29) is 23.8 Å². The number of hydrogen-bond acceptors (Lipinski definition) is 7. The van der Waals surface area contributed by atoms with Gasteiger partial charge >= 0.3 is 0 Å². The van der Waals surface area contributed by atoms with Crippen LogP contribution in [-0.2, 0) is 15.1 Å². The van der Waals surface area contributed by atoms with Crippen molar-refractivity contribution in [3.8, 4) is 0 Å². The Morgan fingerprint density at radius 2 is 1.80 bits per heavy atom. The van der Waals surface area contributed by atoms with E-state index in [0.717, 1.165) is 32.5 Å². The number of nitrogens with one attached hydrogen (secondary N) is 3. The number of rotatable bonds is 8. The van der Waals surface area contributed by atoms with Gasteiger partial charge in [0.2, 0.25) is 5.91 Å². The van der Waals surface area contributed by atoms with Crippen LogP contribution >= 0.6 is 0 Å². The smallest absolute Gasteiger partial charge is 0.268 e.